The van der Waals surface area contributed by atoms with E-state index in [1.165, 1.54) is 17.3 Å². The van der Waals surface area contributed by atoms with Crippen molar-refractivity contribution < 1.29 is 9.21 Å². The van der Waals surface area contributed by atoms with E-state index >= 15 is 0 Å². The minimum atomic E-state index is -0.199. The number of para-hydroxylation sites is 2. The summed E-state index contributed by atoms with van der Waals surface area (Å²) in [6.07, 6.45) is 6.68. The van der Waals surface area contributed by atoms with Crippen LogP contribution in [-0.2, 0) is 23.2 Å². The third-order valence-electron chi connectivity index (χ3n) is 8.52. The molecule has 1 fully saturated rings. The number of thioether (sulfide) groups is 1. The van der Waals surface area contributed by atoms with Gasteiger partial charge in [0.1, 0.15) is 5.76 Å². The maximum absolute atomic E-state index is 14.5. The van der Waals surface area contributed by atoms with Crippen LogP contribution in [0.3, 0.4) is 0 Å². The first-order valence-corrected chi connectivity index (χ1v) is 15.4. The van der Waals surface area contributed by atoms with Gasteiger partial charge >= 0.3 is 0 Å². The smallest absolute Gasteiger partial charge is 0.258 e. The van der Waals surface area contributed by atoms with Gasteiger partial charge in [-0.15, -0.1) is 0 Å². The SMILES string of the molecule is O=C(CSc1nc2c(c(=O)n1Cc1ccco1)C1(CCCC1)Cc1ccccc1-2)N(c1ccccc1)c1ccccc1. The summed E-state index contributed by atoms with van der Waals surface area (Å²) in [6.45, 7) is 0.265. The van der Waals surface area contributed by atoms with Crippen LogP contribution in [0, 0.1) is 0 Å². The second-order valence-corrected chi connectivity index (χ2v) is 12.0. The van der Waals surface area contributed by atoms with Gasteiger partial charge in [0.2, 0.25) is 5.91 Å². The van der Waals surface area contributed by atoms with Gasteiger partial charge in [-0.3, -0.25) is 19.1 Å². The Morgan fingerprint density at radius 2 is 1.55 bits per heavy atom. The van der Waals surface area contributed by atoms with E-state index in [9.17, 15) is 9.59 Å². The molecule has 0 saturated heterocycles. The van der Waals surface area contributed by atoms with Crippen LogP contribution in [0.15, 0.2) is 118 Å². The fourth-order valence-electron chi connectivity index (χ4n) is 6.63. The van der Waals surface area contributed by atoms with Gasteiger partial charge in [0.05, 0.1) is 29.8 Å². The van der Waals surface area contributed by atoms with Crippen molar-refractivity contribution in [2.75, 3.05) is 10.7 Å². The number of carbonyl (C=O) groups excluding carboxylic acids is 1. The third kappa shape index (κ3) is 4.77. The van der Waals surface area contributed by atoms with Crippen LogP contribution in [0.1, 0.15) is 42.6 Å². The van der Waals surface area contributed by atoms with Crippen molar-refractivity contribution >= 4 is 29.0 Å². The van der Waals surface area contributed by atoms with E-state index in [-0.39, 0.29) is 29.2 Å². The minimum absolute atomic E-state index is 0.0225. The summed E-state index contributed by atoms with van der Waals surface area (Å²) >= 11 is 1.31. The molecule has 7 rings (SSSR count). The average molecular weight is 574 g/mol. The standard InChI is InChI=1S/C35H31N3O3S/c39-30(38(26-13-3-1-4-14-26)27-15-5-2-6-16-27)24-42-34-36-32-29-18-8-7-12-25(29)22-35(19-9-10-20-35)31(32)33(40)37(34)23-28-17-11-21-41-28/h1-8,11-18,21H,9-10,19-20,22-24H2. The number of carbonyl (C=O) groups is 1. The normalized spacial score (nSPS) is 14.9. The van der Waals surface area contributed by atoms with Crippen LogP contribution in [-0.4, -0.2) is 21.2 Å². The molecular formula is C35H31N3O3S. The zero-order valence-electron chi connectivity index (χ0n) is 23.2. The molecule has 42 heavy (non-hydrogen) atoms. The fourth-order valence-corrected chi connectivity index (χ4v) is 7.48. The molecule has 0 unspecified atom stereocenters. The second-order valence-electron chi connectivity index (χ2n) is 11.1. The molecule has 0 bridgehead atoms. The van der Waals surface area contributed by atoms with E-state index in [2.05, 4.69) is 18.2 Å². The summed E-state index contributed by atoms with van der Waals surface area (Å²) < 4.78 is 7.39. The molecule has 6 nitrogen and oxygen atoms in total. The van der Waals surface area contributed by atoms with Crippen LogP contribution in [0.25, 0.3) is 11.3 Å². The molecule has 2 aliphatic carbocycles. The van der Waals surface area contributed by atoms with Crippen LogP contribution in [0.5, 0.6) is 0 Å². The minimum Gasteiger partial charge on any atom is -0.467 e. The lowest BCUT2D eigenvalue weighted by molar-refractivity contribution is -0.115. The van der Waals surface area contributed by atoms with Crippen LogP contribution in [0.2, 0.25) is 0 Å². The molecule has 2 aliphatic rings. The highest BCUT2D eigenvalue weighted by atomic mass is 32.2. The predicted molar refractivity (Wildman–Crippen MR) is 166 cm³/mol. The first kappa shape index (κ1) is 26.5. The molecule has 5 aromatic rings. The number of hydrogen-bond donors (Lipinski definition) is 0. The van der Waals surface area contributed by atoms with Gasteiger partial charge in [-0.25, -0.2) is 4.98 Å². The zero-order chi connectivity index (χ0) is 28.5. The number of anilines is 2. The second kappa shape index (κ2) is 11.1. The number of amides is 1. The molecular weight excluding hydrogens is 542 g/mol. The molecule has 1 saturated carbocycles. The lowest BCUT2D eigenvalue weighted by atomic mass is 9.68. The van der Waals surface area contributed by atoms with Crippen molar-refractivity contribution in [3.8, 4) is 11.3 Å². The molecule has 210 valence electrons. The van der Waals surface area contributed by atoms with Crippen LogP contribution in [0.4, 0.5) is 11.4 Å². The molecule has 3 aromatic carbocycles. The largest absolute Gasteiger partial charge is 0.467 e. The van der Waals surface area contributed by atoms with Gasteiger partial charge in [0, 0.05) is 22.4 Å². The summed E-state index contributed by atoms with van der Waals surface area (Å²) in [4.78, 5) is 35.3. The van der Waals surface area contributed by atoms with Gasteiger partial charge in [-0.2, -0.15) is 0 Å². The molecule has 2 aromatic heterocycles. The number of rotatable bonds is 7. The highest BCUT2D eigenvalue weighted by molar-refractivity contribution is 7.99. The monoisotopic (exact) mass is 573 g/mol. The van der Waals surface area contributed by atoms with Crippen molar-refractivity contribution in [2.45, 2.75) is 49.2 Å². The van der Waals surface area contributed by atoms with Crippen molar-refractivity contribution in [2.24, 2.45) is 0 Å². The quantitative estimate of drug-likeness (QED) is 0.150. The van der Waals surface area contributed by atoms with Crippen molar-refractivity contribution in [1.82, 2.24) is 9.55 Å². The molecule has 1 spiro atoms. The van der Waals surface area contributed by atoms with E-state index in [1.54, 1.807) is 15.7 Å². The van der Waals surface area contributed by atoms with Crippen molar-refractivity contribution in [3.63, 3.8) is 0 Å². The molecule has 0 atom stereocenters. The number of nitrogens with zero attached hydrogens (tertiary/aromatic N) is 3. The van der Waals surface area contributed by atoms with Crippen molar-refractivity contribution in [1.29, 1.82) is 0 Å². The number of furan rings is 1. The first-order valence-electron chi connectivity index (χ1n) is 14.4. The van der Waals surface area contributed by atoms with Crippen LogP contribution < -0.4 is 10.5 Å². The summed E-state index contributed by atoms with van der Waals surface area (Å²) in [5.74, 6) is 0.695. The number of fused-ring (bicyclic) bond motifs is 4. The van der Waals surface area contributed by atoms with Gasteiger partial charge in [0.15, 0.2) is 5.16 Å². The van der Waals surface area contributed by atoms with E-state index < -0.39 is 0 Å². The summed E-state index contributed by atoms with van der Waals surface area (Å²) in [6, 6.07) is 31.3. The molecule has 1 amide bonds. The lowest BCUT2D eigenvalue weighted by Crippen LogP contribution is -2.40. The molecule has 0 aliphatic heterocycles. The number of benzene rings is 3. The van der Waals surface area contributed by atoms with Crippen molar-refractivity contribution in [3.05, 3.63) is 131 Å². The van der Waals surface area contributed by atoms with E-state index in [4.69, 9.17) is 9.40 Å². The molecule has 0 N–H and O–H groups in total. The maximum atomic E-state index is 14.5. The number of aromatic nitrogens is 2. The van der Waals surface area contributed by atoms with Gasteiger partial charge < -0.3 is 4.42 Å². The van der Waals surface area contributed by atoms with E-state index in [0.29, 0.717) is 10.9 Å². The first-order chi connectivity index (χ1) is 20.6. The Morgan fingerprint density at radius 3 is 2.21 bits per heavy atom. The van der Waals surface area contributed by atoms with E-state index in [1.807, 2.05) is 78.9 Å². The Hall–Kier alpha value is -4.36. The zero-order valence-corrected chi connectivity index (χ0v) is 24.1. The molecule has 2 heterocycles. The number of hydrogen-bond acceptors (Lipinski definition) is 5. The Kier molecular flexibility index (Phi) is 7.04. The average Bonchev–Trinajstić information content (AvgIpc) is 3.71. The highest BCUT2D eigenvalue weighted by Crippen LogP contribution is 2.50. The Balaban J connectivity index is 1.31. The Bertz CT molecular complexity index is 1740. The summed E-state index contributed by atoms with van der Waals surface area (Å²) in [5, 5.41) is 0.523. The van der Waals surface area contributed by atoms with Gasteiger partial charge in [-0.05, 0) is 61.2 Å². The third-order valence-corrected chi connectivity index (χ3v) is 9.48. The Labute approximate surface area is 249 Å². The molecule has 0 radical (unpaired) electrons. The Morgan fingerprint density at radius 1 is 0.881 bits per heavy atom. The highest BCUT2D eigenvalue weighted by Gasteiger charge is 2.44. The lowest BCUT2D eigenvalue weighted by Gasteiger charge is -2.36. The summed E-state index contributed by atoms with van der Waals surface area (Å²) in [7, 11) is 0. The molecule has 7 heteroatoms. The topological polar surface area (TPSA) is 68.3 Å². The summed E-state index contributed by atoms with van der Waals surface area (Å²) in [5.41, 5.74) is 5.23. The van der Waals surface area contributed by atoms with Gasteiger partial charge in [-0.1, -0.05) is 85.3 Å². The van der Waals surface area contributed by atoms with E-state index in [0.717, 1.165) is 60.3 Å². The van der Waals surface area contributed by atoms with Gasteiger partial charge in [0.25, 0.3) is 5.56 Å². The predicted octanol–water partition coefficient (Wildman–Crippen LogP) is 7.38. The fraction of sp³-hybridized carbons (Fsp3) is 0.229. The maximum Gasteiger partial charge on any atom is 0.258 e. The van der Waals surface area contributed by atoms with Crippen LogP contribution >= 0.6 is 11.8 Å².